The first-order valence-electron chi connectivity index (χ1n) is 5.11. The van der Waals surface area contributed by atoms with E-state index in [9.17, 15) is 0 Å². The lowest BCUT2D eigenvalue weighted by Gasteiger charge is -2.59. The average Bonchev–Trinajstić information content (AvgIpc) is 2.05. The molecule has 0 heterocycles. The molecule has 0 saturated heterocycles. The van der Waals surface area contributed by atoms with Crippen LogP contribution in [0.3, 0.4) is 0 Å². The number of fused-ring (bicyclic) bond motifs is 2. The monoisotopic (exact) mass is 184 g/mol. The van der Waals surface area contributed by atoms with Crippen LogP contribution in [0.25, 0.3) is 0 Å². The average molecular weight is 184 g/mol. The van der Waals surface area contributed by atoms with E-state index < -0.39 is 0 Å². The van der Waals surface area contributed by atoms with Gasteiger partial charge in [-0.15, -0.1) is 0 Å². The van der Waals surface area contributed by atoms with Crippen molar-refractivity contribution in [3.63, 3.8) is 0 Å². The summed E-state index contributed by atoms with van der Waals surface area (Å²) < 4.78 is 0. The Morgan fingerprint density at radius 1 is 1.38 bits per heavy atom. The molecule has 0 aromatic rings. The second kappa shape index (κ2) is 3.69. The van der Waals surface area contributed by atoms with Crippen LogP contribution in [0, 0.1) is 23.2 Å². The van der Waals surface area contributed by atoms with Crippen molar-refractivity contribution in [3.8, 4) is 0 Å². The molecule has 3 unspecified atom stereocenters. The first-order chi connectivity index (χ1) is 6.04. The molecule has 2 nitrogen and oxygen atoms in total. The number of carboxylic acid groups (broad SMARTS) is 1. The summed E-state index contributed by atoms with van der Waals surface area (Å²) in [5, 5.41) is 6.89. The quantitative estimate of drug-likeness (QED) is 0.588. The van der Waals surface area contributed by atoms with Crippen molar-refractivity contribution >= 4 is 6.47 Å². The summed E-state index contributed by atoms with van der Waals surface area (Å²) in [4.78, 5) is 8.36. The molecule has 0 aromatic heterocycles. The summed E-state index contributed by atoms with van der Waals surface area (Å²) in [5.41, 5.74) is 0.706. The van der Waals surface area contributed by atoms with Gasteiger partial charge in [-0.3, -0.25) is 4.79 Å². The number of carbonyl (C=O) groups is 1. The molecule has 76 valence electrons. The zero-order valence-electron chi connectivity index (χ0n) is 8.79. The molecule has 0 radical (unpaired) electrons. The number of rotatable bonds is 0. The van der Waals surface area contributed by atoms with Gasteiger partial charge in [-0.05, 0) is 36.0 Å². The first-order valence-corrected chi connectivity index (χ1v) is 5.11. The van der Waals surface area contributed by atoms with Crippen LogP contribution in [0.2, 0.25) is 0 Å². The van der Waals surface area contributed by atoms with Crippen molar-refractivity contribution in [2.24, 2.45) is 23.2 Å². The van der Waals surface area contributed by atoms with Crippen LogP contribution in [-0.2, 0) is 4.79 Å². The minimum atomic E-state index is -0.250. The normalized spacial score (nSPS) is 39.5. The zero-order chi connectivity index (χ0) is 10.1. The van der Waals surface area contributed by atoms with Crippen LogP contribution in [0.15, 0.2) is 0 Å². The lowest BCUT2D eigenvalue weighted by molar-refractivity contribution is -0.122. The molecular formula is C11H20O2. The number of hydrogen-bond acceptors (Lipinski definition) is 1. The molecule has 3 atom stereocenters. The maximum atomic E-state index is 8.36. The Morgan fingerprint density at radius 3 is 2.15 bits per heavy atom. The predicted molar refractivity (Wildman–Crippen MR) is 52.5 cm³/mol. The zero-order valence-corrected chi connectivity index (χ0v) is 8.79. The smallest absolute Gasteiger partial charge is 0.290 e. The molecule has 3 aliphatic rings. The SMILES string of the molecule is CC1CCC2CC1C2(C)C.O=CO. The van der Waals surface area contributed by atoms with Crippen LogP contribution in [0.1, 0.15) is 40.0 Å². The Balaban J connectivity index is 0.000000251. The fraction of sp³-hybridized carbons (Fsp3) is 0.909. The highest BCUT2D eigenvalue weighted by Crippen LogP contribution is 2.61. The van der Waals surface area contributed by atoms with Crippen molar-refractivity contribution in [3.05, 3.63) is 0 Å². The van der Waals surface area contributed by atoms with E-state index in [1.807, 2.05) is 0 Å². The maximum absolute atomic E-state index is 8.36. The van der Waals surface area contributed by atoms with Crippen LogP contribution in [0.5, 0.6) is 0 Å². The second-order valence-corrected chi connectivity index (χ2v) is 5.02. The molecule has 3 fully saturated rings. The van der Waals surface area contributed by atoms with E-state index >= 15 is 0 Å². The minimum Gasteiger partial charge on any atom is -0.483 e. The highest BCUT2D eigenvalue weighted by Gasteiger charge is 2.52. The van der Waals surface area contributed by atoms with Gasteiger partial charge in [0, 0.05) is 0 Å². The minimum absolute atomic E-state index is 0.250. The molecule has 0 aromatic carbocycles. The second-order valence-electron chi connectivity index (χ2n) is 5.02. The van der Waals surface area contributed by atoms with Crippen LogP contribution in [-0.4, -0.2) is 11.6 Å². The summed E-state index contributed by atoms with van der Waals surface area (Å²) in [5.74, 6) is 3.15. The molecule has 0 spiro atoms. The van der Waals surface area contributed by atoms with Gasteiger partial charge >= 0.3 is 0 Å². The van der Waals surface area contributed by atoms with Crippen molar-refractivity contribution in [2.75, 3.05) is 0 Å². The van der Waals surface area contributed by atoms with Crippen LogP contribution in [0.4, 0.5) is 0 Å². The van der Waals surface area contributed by atoms with Gasteiger partial charge in [0.1, 0.15) is 0 Å². The molecule has 13 heavy (non-hydrogen) atoms. The third-order valence-electron chi connectivity index (χ3n) is 4.20. The van der Waals surface area contributed by atoms with Crippen molar-refractivity contribution < 1.29 is 9.90 Å². The standard InChI is InChI=1S/C10H18.CH2O2/c1-7-4-5-8-6-9(7)10(8,2)3;2-1-3/h7-9H,4-6H2,1-3H3;1H,(H,2,3). The lowest BCUT2D eigenvalue weighted by Crippen LogP contribution is -2.51. The summed E-state index contributed by atoms with van der Waals surface area (Å²) in [6.45, 7) is 7.10. The Kier molecular flexibility index (Phi) is 2.99. The Morgan fingerprint density at radius 2 is 1.92 bits per heavy atom. The van der Waals surface area contributed by atoms with Crippen LogP contribution >= 0.6 is 0 Å². The largest absolute Gasteiger partial charge is 0.483 e. The molecular weight excluding hydrogens is 164 g/mol. The Bertz CT molecular complexity index is 185. The molecule has 0 amide bonds. The first kappa shape index (κ1) is 10.6. The van der Waals surface area contributed by atoms with Gasteiger partial charge in [0.25, 0.3) is 6.47 Å². The molecule has 1 N–H and O–H groups in total. The third kappa shape index (κ3) is 1.72. The Hall–Kier alpha value is -0.530. The van der Waals surface area contributed by atoms with Crippen molar-refractivity contribution in [1.82, 2.24) is 0 Å². The summed E-state index contributed by atoms with van der Waals surface area (Å²) in [7, 11) is 0. The van der Waals surface area contributed by atoms with E-state index in [0.29, 0.717) is 5.41 Å². The van der Waals surface area contributed by atoms with E-state index in [1.54, 1.807) is 0 Å². The summed E-state index contributed by atoms with van der Waals surface area (Å²) in [6.07, 6.45) is 4.54. The van der Waals surface area contributed by atoms with Gasteiger partial charge < -0.3 is 5.11 Å². The van der Waals surface area contributed by atoms with Crippen molar-refractivity contribution in [2.45, 2.75) is 40.0 Å². The predicted octanol–water partition coefficient (Wildman–Crippen LogP) is 2.78. The van der Waals surface area contributed by atoms with E-state index in [1.165, 1.54) is 19.3 Å². The summed E-state index contributed by atoms with van der Waals surface area (Å²) in [6, 6.07) is 0. The fourth-order valence-electron chi connectivity index (χ4n) is 3.18. The van der Waals surface area contributed by atoms with E-state index in [2.05, 4.69) is 20.8 Å². The van der Waals surface area contributed by atoms with E-state index in [4.69, 9.17) is 9.90 Å². The lowest BCUT2D eigenvalue weighted by atomic mass is 9.46. The third-order valence-corrected chi connectivity index (χ3v) is 4.20. The van der Waals surface area contributed by atoms with Gasteiger partial charge in [0.05, 0.1) is 0 Å². The van der Waals surface area contributed by atoms with Crippen LogP contribution < -0.4 is 0 Å². The van der Waals surface area contributed by atoms with E-state index in [0.717, 1.165) is 17.8 Å². The maximum Gasteiger partial charge on any atom is 0.290 e. The number of hydrogen-bond donors (Lipinski definition) is 1. The molecule has 3 aliphatic carbocycles. The van der Waals surface area contributed by atoms with E-state index in [-0.39, 0.29) is 6.47 Å². The van der Waals surface area contributed by atoms with Gasteiger partial charge in [-0.25, -0.2) is 0 Å². The topological polar surface area (TPSA) is 37.3 Å². The van der Waals surface area contributed by atoms with Crippen molar-refractivity contribution in [1.29, 1.82) is 0 Å². The highest BCUT2D eigenvalue weighted by atomic mass is 16.3. The Labute approximate surface area is 80.3 Å². The molecule has 0 aliphatic heterocycles. The molecule has 3 rings (SSSR count). The highest BCUT2D eigenvalue weighted by molar-refractivity contribution is 5.32. The van der Waals surface area contributed by atoms with Gasteiger partial charge in [0.2, 0.25) is 0 Å². The molecule has 2 bridgehead atoms. The molecule has 3 saturated carbocycles. The summed E-state index contributed by atoms with van der Waals surface area (Å²) >= 11 is 0. The van der Waals surface area contributed by atoms with Gasteiger partial charge in [0.15, 0.2) is 0 Å². The molecule has 2 heteroatoms. The van der Waals surface area contributed by atoms with Gasteiger partial charge in [-0.1, -0.05) is 27.2 Å². The van der Waals surface area contributed by atoms with Gasteiger partial charge in [-0.2, -0.15) is 0 Å². The fourth-order valence-corrected chi connectivity index (χ4v) is 3.18.